The van der Waals surface area contributed by atoms with Crippen molar-refractivity contribution in [2.45, 2.75) is 51.6 Å². The Morgan fingerprint density at radius 2 is 1.64 bits per heavy atom. The van der Waals surface area contributed by atoms with Gasteiger partial charge >= 0.3 is 0 Å². The molecule has 8 heteroatoms. The van der Waals surface area contributed by atoms with Gasteiger partial charge in [-0.1, -0.05) is 42.5 Å². The molecule has 8 nitrogen and oxygen atoms in total. The molecule has 0 radical (unpaired) electrons. The summed E-state index contributed by atoms with van der Waals surface area (Å²) in [4.78, 5) is 41.5. The number of Topliss-reactive ketones (excluding diaryl/α,β-unsaturated/α-hetero) is 1. The Hall–Kier alpha value is -3.62. The van der Waals surface area contributed by atoms with Crippen LogP contribution in [0, 0.1) is 25.2 Å². The molecule has 42 heavy (non-hydrogen) atoms. The van der Waals surface area contributed by atoms with Crippen LogP contribution in [0.4, 0.5) is 0 Å². The molecule has 6 rings (SSSR count). The first-order valence-electron chi connectivity index (χ1n) is 15.1. The lowest BCUT2D eigenvalue weighted by Gasteiger charge is -2.44. The molecule has 0 saturated carbocycles. The summed E-state index contributed by atoms with van der Waals surface area (Å²) in [5, 5.41) is 3.59. The fraction of sp³-hybridized carbons (Fsp3) is 0.471. The Morgan fingerprint density at radius 3 is 2.31 bits per heavy atom. The third-order valence-electron chi connectivity index (χ3n) is 9.92. The number of amides is 1. The summed E-state index contributed by atoms with van der Waals surface area (Å²) in [7, 11) is 1.66. The van der Waals surface area contributed by atoms with Crippen LogP contribution in [-0.4, -0.2) is 77.3 Å². The van der Waals surface area contributed by atoms with Crippen molar-refractivity contribution in [3.8, 4) is 5.75 Å². The van der Waals surface area contributed by atoms with Gasteiger partial charge in [0, 0.05) is 38.0 Å². The Balaban J connectivity index is 1.23. The number of nitrogens with one attached hydrogen (secondary N) is 1. The standard InChI is InChI=1S/C34H41N5O3/c1-23-30(24(2)37-22-36-23)32(40)31(29-20-35-19-28(29)26-7-5-4-6-8-26)38-16-13-34(14-17-38)15-18-39(33(34)41)21-25-9-11-27(42-3)12-10-25/h4-12,22,28-29,31,35H,13-21H2,1-3H3/t28-,29-,31?/m1/s1. The van der Waals surface area contributed by atoms with E-state index in [-0.39, 0.29) is 35.0 Å². The maximum Gasteiger partial charge on any atom is 0.229 e. The summed E-state index contributed by atoms with van der Waals surface area (Å²) < 4.78 is 5.29. The van der Waals surface area contributed by atoms with Crippen LogP contribution in [0.3, 0.4) is 0 Å². The first kappa shape index (κ1) is 28.5. The van der Waals surface area contributed by atoms with Crippen LogP contribution in [0.1, 0.15) is 58.1 Å². The van der Waals surface area contributed by atoms with Crippen LogP contribution in [0.5, 0.6) is 5.75 Å². The second-order valence-corrected chi connectivity index (χ2v) is 12.2. The van der Waals surface area contributed by atoms with E-state index in [4.69, 9.17) is 4.74 Å². The van der Waals surface area contributed by atoms with Gasteiger partial charge in [-0.3, -0.25) is 14.5 Å². The summed E-state index contributed by atoms with van der Waals surface area (Å²) in [5.74, 6) is 1.52. The van der Waals surface area contributed by atoms with E-state index >= 15 is 0 Å². The van der Waals surface area contributed by atoms with Gasteiger partial charge in [-0.25, -0.2) is 9.97 Å². The molecule has 3 aliphatic rings. The average molecular weight is 568 g/mol. The summed E-state index contributed by atoms with van der Waals surface area (Å²) in [6, 6.07) is 18.2. The highest BCUT2D eigenvalue weighted by atomic mass is 16.5. The zero-order valence-electron chi connectivity index (χ0n) is 24.9. The van der Waals surface area contributed by atoms with Crippen molar-refractivity contribution in [1.29, 1.82) is 0 Å². The lowest BCUT2D eigenvalue weighted by molar-refractivity contribution is -0.139. The summed E-state index contributed by atoms with van der Waals surface area (Å²) >= 11 is 0. The average Bonchev–Trinajstić information content (AvgIpc) is 3.60. The quantitative estimate of drug-likeness (QED) is 0.409. The number of methoxy groups -OCH3 is 1. The number of hydrogen-bond donors (Lipinski definition) is 1. The largest absolute Gasteiger partial charge is 0.497 e. The molecular weight excluding hydrogens is 526 g/mol. The van der Waals surface area contributed by atoms with Crippen LogP contribution in [0.25, 0.3) is 0 Å². The predicted octanol–water partition coefficient (Wildman–Crippen LogP) is 4.17. The molecule has 3 aromatic rings. The molecule has 3 saturated heterocycles. The molecule has 1 spiro atoms. The number of rotatable bonds is 8. The molecule has 1 unspecified atom stereocenters. The zero-order valence-corrected chi connectivity index (χ0v) is 24.9. The van der Waals surface area contributed by atoms with E-state index < -0.39 is 0 Å². The normalized spacial score (nSPS) is 22.9. The predicted molar refractivity (Wildman–Crippen MR) is 161 cm³/mol. The monoisotopic (exact) mass is 567 g/mol. The second kappa shape index (κ2) is 11.9. The third kappa shape index (κ3) is 5.34. The van der Waals surface area contributed by atoms with Gasteiger partial charge in [0.1, 0.15) is 12.1 Å². The molecule has 1 amide bonds. The summed E-state index contributed by atoms with van der Waals surface area (Å²) in [6.07, 6.45) is 3.95. The van der Waals surface area contributed by atoms with Gasteiger partial charge in [-0.05, 0) is 69.5 Å². The summed E-state index contributed by atoms with van der Waals surface area (Å²) in [6.45, 7) is 8.27. The van der Waals surface area contributed by atoms with Crippen LogP contribution in [0.15, 0.2) is 60.9 Å². The Bertz CT molecular complexity index is 1400. The van der Waals surface area contributed by atoms with E-state index in [1.54, 1.807) is 7.11 Å². The van der Waals surface area contributed by atoms with Crippen molar-refractivity contribution in [2.75, 3.05) is 39.8 Å². The van der Waals surface area contributed by atoms with Crippen LogP contribution in [0.2, 0.25) is 0 Å². The van der Waals surface area contributed by atoms with Gasteiger partial charge in [0.2, 0.25) is 5.91 Å². The number of carbonyl (C=O) groups is 2. The minimum absolute atomic E-state index is 0.107. The first-order valence-corrected chi connectivity index (χ1v) is 15.1. The van der Waals surface area contributed by atoms with Crippen LogP contribution in [-0.2, 0) is 11.3 Å². The second-order valence-electron chi connectivity index (χ2n) is 12.2. The van der Waals surface area contributed by atoms with Gasteiger partial charge in [0.25, 0.3) is 0 Å². The van der Waals surface area contributed by atoms with Crippen LogP contribution >= 0.6 is 0 Å². The van der Waals surface area contributed by atoms with Gasteiger partial charge < -0.3 is 15.0 Å². The fourth-order valence-corrected chi connectivity index (χ4v) is 7.51. The highest BCUT2D eigenvalue weighted by molar-refractivity contribution is 6.02. The topological polar surface area (TPSA) is 87.7 Å². The molecule has 4 heterocycles. The fourth-order valence-electron chi connectivity index (χ4n) is 7.51. The van der Waals surface area contributed by atoms with E-state index in [1.807, 2.05) is 49.1 Å². The van der Waals surface area contributed by atoms with Crippen molar-refractivity contribution >= 4 is 11.7 Å². The molecular formula is C34H41N5O3. The van der Waals surface area contributed by atoms with Crippen molar-refractivity contribution in [2.24, 2.45) is 11.3 Å². The molecule has 3 fully saturated rings. The van der Waals surface area contributed by atoms with Crippen molar-refractivity contribution in [1.82, 2.24) is 25.1 Å². The number of aryl methyl sites for hydroxylation is 2. The highest BCUT2D eigenvalue weighted by Crippen LogP contribution is 2.44. The lowest BCUT2D eigenvalue weighted by atomic mass is 9.74. The number of ether oxygens (including phenoxy) is 1. The molecule has 3 atom stereocenters. The number of likely N-dealkylation sites (tertiary alicyclic amines) is 2. The van der Waals surface area contributed by atoms with E-state index in [0.717, 1.165) is 74.7 Å². The van der Waals surface area contributed by atoms with E-state index in [9.17, 15) is 9.59 Å². The summed E-state index contributed by atoms with van der Waals surface area (Å²) in [5.41, 5.74) is 4.13. The molecule has 1 aromatic heterocycles. The maximum absolute atomic E-state index is 14.5. The Morgan fingerprint density at radius 1 is 0.976 bits per heavy atom. The first-order chi connectivity index (χ1) is 20.4. The van der Waals surface area contributed by atoms with Crippen molar-refractivity contribution in [3.63, 3.8) is 0 Å². The van der Waals surface area contributed by atoms with E-state index in [1.165, 1.54) is 11.9 Å². The number of piperidine rings is 1. The number of aromatic nitrogens is 2. The Kier molecular flexibility index (Phi) is 8.10. The molecule has 3 aliphatic heterocycles. The van der Waals surface area contributed by atoms with E-state index in [2.05, 4.69) is 44.5 Å². The number of ketones is 1. The molecule has 0 bridgehead atoms. The number of nitrogens with zero attached hydrogens (tertiary/aromatic N) is 4. The molecule has 0 aliphatic carbocycles. The smallest absolute Gasteiger partial charge is 0.229 e. The number of carbonyl (C=O) groups excluding carboxylic acids is 2. The van der Waals surface area contributed by atoms with Crippen molar-refractivity contribution in [3.05, 3.63) is 89.0 Å². The number of hydrogen-bond acceptors (Lipinski definition) is 7. The van der Waals surface area contributed by atoms with Gasteiger partial charge in [0.05, 0.1) is 35.5 Å². The third-order valence-corrected chi connectivity index (χ3v) is 9.92. The van der Waals surface area contributed by atoms with E-state index in [0.29, 0.717) is 12.1 Å². The minimum atomic E-state index is -0.342. The molecule has 220 valence electrons. The highest BCUT2D eigenvalue weighted by Gasteiger charge is 2.51. The van der Waals surface area contributed by atoms with Crippen LogP contribution < -0.4 is 10.1 Å². The van der Waals surface area contributed by atoms with Gasteiger partial charge in [-0.2, -0.15) is 0 Å². The van der Waals surface area contributed by atoms with Gasteiger partial charge in [-0.15, -0.1) is 0 Å². The maximum atomic E-state index is 14.5. The zero-order chi connectivity index (χ0) is 29.3. The SMILES string of the molecule is COc1ccc(CN2CCC3(CCN(C(C(=O)c4c(C)ncnc4C)[C@@H]4CNC[C@@H]4c4ccccc4)CC3)C2=O)cc1. The van der Waals surface area contributed by atoms with Gasteiger partial charge in [0.15, 0.2) is 5.78 Å². The number of benzene rings is 2. The lowest BCUT2D eigenvalue weighted by Crippen LogP contribution is -2.54. The molecule has 2 aromatic carbocycles. The molecule has 1 N–H and O–H groups in total. The van der Waals surface area contributed by atoms with Crippen molar-refractivity contribution < 1.29 is 14.3 Å². The Labute approximate surface area is 248 Å². The minimum Gasteiger partial charge on any atom is -0.497 e.